The molecule has 0 saturated carbocycles. The summed E-state index contributed by atoms with van der Waals surface area (Å²) >= 11 is 0. The third-order valence-corrected chi connectivity index (χ3v) is 5.49. The number of aliphatic hydroxyl groups is 1. The van der Waals surface area contributed by atoms with E-state index in [2.05, 4.69) is 6.92 Å². The maximum Gasteiger partial charge on any atom is 0.178 e. The van der Waals surface area contributed by atoms with Gasteiger partial charge in [0.1, 0.15) is 0 Å². The molecule has 0 fully saturated rings. The topological polar surface area (TPSA) is 54.4 Å². The second kappa shape index (κ2) is 7.79. The van der Waals surface area contributed by atoms with Gasteiger partial charge >= 0.3 is 0 Å². The summed E-state index contributed by atoms with van der Waals surface area (Å²) in [6.45, 7) is 5.93. The fourth-order valence-electron chi connectivity index (χ4n) is 2.37. The molecule has 0 heterocycles. The van der Waals surface area contributed by atoms with Crippen LogP contribution in [0.2, 0.25) is 0 Å². The van der Waals surface area contributed by atoms with E-state index < -0.39 is 15.9 Å². The monoisotopic (exact) mass is 298 g/mol. The minimum atomic E-state index is -3.33. The van der Waals surface area contributed by atoms with Gasteiger partial charge in [-0.15, -0.1) is 0 Å². The zero-order valence-electron chi connectivity index (χ0n) is 12.6. The highest BCUT2D eigenvalue weighted by molar-refractivity contribution is 7.91. The van der Waals surface area contributed by atoms with Crippen LogP contribution in [0.4, 0.5) is 0 Å². The van der Waals surface area contributed by atoms with Crippen molar-refractivity contribution in [1.82, 2.24) is 0 Å². The Morgan fingerprint density at radius 1 is 1.15 bits per heavy atom. The molecule has 0 bridgehead atoms. The molecule has 20 heavy (non-hydrogen) atoms. The molecule has 0 saturated heterocycles. The van der Waals surface area contributed by atoms with E-state index in [9.17, 15) is 13.5 Å². The molecule has 0 radical (unpaired) electrons. The third kappa shape index (κ3) is 4.91. The molecule has 0 aliphatic rings. The summed E-state index contributed by atoms with van der Waals surface area (Å²) in [5.74, 6) is -0.0981. The van der Waals surface area contributed by atoms with Gasteiger partial charge in [-0.2, -0.15) is 0 Å². The largest absolute Gasteiger partial charge is 0.393 e. The van der Waals surface area contributed by atoms with Gasteiger partial charge in [-0.05, 0) is 30.4 Å². The van der Waals surface area contributed by atoms with E-state index in [-0.39, 0.29) is 17.6 Å². The predicted molar refractivity (Wildman–Crippen MR) is 82.4 cm³/mol. The predicted octanol–water partition coefficient (Wildman–Crippen LogP) is 3.28. The van der Waals surface area contributed by atoms with Crippen molar-refractivity contribution in [3.63, 3.8) is 0 Å². The second-order valence-corrected chi connectivity index (χ2v) is 7.77. The molecular formula is C16H26O3S. The SMILES string of the molecule is CCCC[C@H](CS(=O)(=O)c1ccccc1)[C@@H](O)C(C)C. The van der Waals surface area contributed by atoms with Crippen LogP contribution in [0.1, 0.15) is 40.0 Å². The van der Waals surface area contributed by atoms with Crippen LogP contribution in [0.5, 0.6) is 0 Å². The summed E-state index contributed by atoms with van der Waals surface area (Å²) in [7, 11) is -3.33. The molecule has 1 aromatic rings. The first-order valence-corrected chi connectivity index (χ1v) is 8.99. The first-order chi connectivity index (χ1) is 9.38. The van der Waals surface area contributed by atoms with E-state index >= 15 is 0 Å². The van der Waals surface area contributed by atoms with Gasteiger partial charge in [0.25, 0.3) is 0 Å². The Kier molecular flexibility index (Phi) is 6.69. The Hall–Kier alpha value is -0.870. The zero-order chi connectivity index (χ0) is 15.2. The van der Waals surface area contributed by atoms with Crippen molar-refractivity contribution >= 4 is 9.84 Å². The molecule has 2 atom stereocenters. The number of hydrogen-bond acceptors (Lipinski definition) is 3. The van der Waals surface area contributed by atoms with E-state index in [1.165, 1.54) is 0 Å². The van der Waals surface area contributed by atoms with Crippen molar-refractivity contribution in [2.45, 2.75) is 51.0 Å². The lowest BCUT2D eigenvalue weighted by Crippen LogP contribution is -2.31. The molecule has 1 rings (SSSR count). The Morgan fingerprint density at radius 3 is 2.25 bits per heavy atom. The summed E-state index contributed by atoms with van der Waals surface area (Å²) in [4.78, 5) is 0.345. The minimum Gasteiger partial charge on any atom is -0.393 e. The quantitative estimate of drug-likeness (QED) is 0.801. The van der Waals surface area contributed by atoms with Crippen LogP contribution in [0, 0.1) is 11.8 Å². The van der Waals surface area contributed by atoms with Gasteiger partial charge in [0.2, 0.25) is 0 Å². The number of hydrogen-bond donors (Lipinski definition) is 1. The lowest BCUT2D eigenvalue weighted by atomic mass is 9.91. The highest BCUT2D eigenvalue weighted by Crippen LogP contribution is 2.24. The summed E-state index contributed by atoms with van der Waals surface area (Å²) < 4.78 is 24.8. The Morgan fingerprint density at radius 2 is 1.75 bits per heavy atom. The maximum absolute atomic E-state index is 12.4. The fraction of sp³-hybridized carbons (Fsp3) is 0.625. The summed E-state index contributed by atoms with van der Waals surface area (Å²) in [6, 6.07) is 8.50. The Labute approximate surface area is 123 Å². The van der Waals surface area contributed by atoms with Crippen LogP contribution in [-0.2, 0) is 9.84 Å². The Balaban J connectivity index is 2.88. The third-order valence-electron chi connectivity index (χ3n) is 3.63. The van der Waals surface area contributed by atoms with Crippen molar-refractivity contribution in [3.8, 4) is 0 Å². The van der Waals surface area contributed by atoms with E-state index in [0.717, 1.165) is 19.3 Å². The average Bonchev–Trinajstić information content (AvgIpc) is 2.43. The highest BCUT2D eigenvalue weighted by Gasteiger charge is 2.28. The van der Waals surface area contributed by atoms with Crippen LogP contribution >= 0.6 is 0 Å². The van der Waals surface area contributed by atoms with Gasteiger partial charge < -0.3 is 5.11 Å². The number of unbranched alkanes of at least 4 members (excludes halogenated alkanes) is 1. The molecular weight excluding hydrogens is 272 g/mol. The number of sulfone groups is 1. The van der Waals surface area contributed by atoms with Gasteiger partial charge in [0, 0.05) is 0 Å². The summed E-state index contributed by atoms with van der Waals surface area (Å²) in [6.07, 6.45) is 2.13. The minimum absolute atomic E-state index is 0.0242. The summed E-state index contributed by atoms with van der Waals surface area (Å²) in [5, 5.41) is 10.3. The summed E-state index contributed by atoms with van der Waals surface area (Å²) in [5.41, 5.74) is 0. The van der Waals surface area contributed by atoms with Crippen LogP contribution in [0.3, 0.4) is 0 Å². The van der Waals surface area contributed by atoms with E-state index in [0.29, 0.717) is 4.90 Å². The molecule has 0 unspecified atom stereocenters. The number of rotatable bonds is 8. The van der Waals surface area contributed by atoms with E-state index in [4.69, 9.17) is 0 Å². The maximum atomic E-state index is 12.4. The van der Waals surface area contributed by atoms with Crippen molar-refractivity contribution in [2.24, 2.45) is 11.8 Å². The van der Waals surface area contributed by atoms with Gasteiger partial charge in [-0.25, -0.2) is 8.42 Å². The molecule has 0 amide bonds. The molecule has 0 spiro atoms. The van der Waals surface area contributed by atoms with Crippen molar-refractivity contribution < 1.29 is 13.5 Å². The van der Waals surface area contributed by atoms with Crippen LogP contribution in [0.15, 0.2) is 35.2 Å². The van der Waals surface area contributed by atoms with E-state index in [1.807, 2.05) is 13.8 Å². The van der Waals surface area contributed by atoms with Gasteiger partial charge in [0.15, 0.2) is 9.84 Å². The first-order valence-electron chi connectivity index (χ1n) is 7.34. The molecule has 1 aromatic carbocycles. The number of benzene rings is 1. The van der Waals surface area contributed by atoms with Gasteiger partial charge in [0.05, 0.1) is 16.8 Å². The first kappa shape index (κ1) is 17.2. The number of aliphatic hydroxyl groups excluding tert-OH is 1. The lowest BCUT2D eigenvalue weighted by Gasteiger charge is -2.25. The standard InChI is InChI=1S/C16H26O3S/c1-4-5-9-14(16(17)13(2)3)12-20(18,19)15-10-7-6-8-11-15/h6-8,10-11,13-14,16-17H,4-5,9,12H2,1-3H3/t14-,16+/m1/s1. The highest BCUT2D eigenvalue weighted by atomic mass is 32.2. The van der Waals surface area contributed by atoms with Gasteiger partial charge in [-0.1, -0.05) is 51.8 Å². The van der Waals surface area contributed by atoms with Crippen LogP contribution in [0.25, 0.3) is 0 Å². The average molecular weight is 298 g/mol. The molecule has 114 valence electrons. The van der Waals surface area contributed by atoms with Crippen molar-refractivity contribution in [1.29, 1.82) is 0 Å². The second-order valence-electron chi connectivity index (χ2n) is 5.73. The molecule has 0 aliphatic heterocycles. The lowest BCUT2D eigenvalue weighted by molar-refractivity contribution is 0.0688. The molecule has 0 aliphatic carbocycles. The molecule has 4 heteroatoms. The van der Waals surface area contributed by atoms with Crippen LogP contribution < -0.4 is 0 Å². The Bertz CT molecular complexity index is 480. The molecule has 0 aromatic heterocycles. The normalized spacial score (nSPS) is 15.2. The van der Waals surface area contributed by atoms with E-state index in [1.54, 1.807) is 30.3 Å². The zero-order valence-corrected chi connectivity index (χ0v) is 13.4. The molecule has 3 nitrogen and oxygen atoms in total. The van der Waals surface area contributed by atoms with Crippen molar-refractivity contribution in [2.75, 3.05) is 5.75 Å². The van der Waals surface area contributed by atoms with Crippen molar-refractivity contribution in [3.05, 3.63) is 30.3 Å². The smallest absolute Gasteiger partial charge is 0.178 e. The fourth-order valence-corrected chi connectivity index (χ4v) is 4.06. The van der Waals surface area contributed by atoms with Gasteiger partial charge in [-0.3, -0.25) is 0 Å². The molecule has 1 N–H and O–H groups in total. The van der Waals surface area contributed by atoms with Crippen LogP contribution in [-0.4, -0.2) is 25.4 Å².